The highest BCUT2D eigenvalue weighted by Crippen LogP contribution is 2.45. The summed E-state index contributed by atoms with van der Waals surface area (Å²) in [4.78, 5) is 8.94. The first-order valence-electron chi connectivity index (χ1n) is 13.9. The van der Waals surface area contributed by atoms with Crippen LogP contribution < -0.4 is 10.1 Å². The number of rotatable bonds is 12. The van der Waals surface area contributed by atoms with Gasteiger partial charge in [-0.3, -0.25) is 4.98 Å². The van der Waals surface area contributed by atoms with Gasteiger partial charge in [0.25, 0.3) is 0 Å². The summed E-state index contributed by atoms with van der Waals surface area (Å²) in [5.74, 6) is 3.65. The largest absolute Gasteiger partial charge is 0.487 e. The molecule has 0 radical (unpaired) electrons. The molecule has 0 aliphatic heterocycles. The van der Waals surface area contributed by atoms with Crippen LogP contribution in [0.25, 0.3) is 5.57 Å². The molecule has 0 bridgehead atoms. The summed E-state index contributed by atoms with van der Waals surface area (Å²) < 4.78 is 11.5. The first kappa shape index (κ1) is 26.0. The van der Waals surface area contributed by atoms with Crippen LogP contribution in [-0.4, -0.2) is 15.1 Å². The van der Waals surface area contributed by atoms with E-state index < -0.39 is 0 Å². The van der Waals surface area contributed by atoms with Crippen molar-refractivity contribution in [3.63, 3.8) is 0 Å². The summed E-state index contributed by atoms with van der Waals surface area (Å²) in [5, 5.41) is 7.65. The van der Waals surface area contributed by atoms with Crippen molar-refractivity contribution in [3.05, 3.63) is 96.1 Å². The van der Waals surface area contributed by atoms with Crippen LogP contribution in [0.15, 0.2) is 77.6 Å². The maximum Gasteiger partial charge on any atom is 0.226 e. The lowest BCUT2D eigenvalue weighted by molar-refractivity contribution is 0.301. The van der Waals surface area contributed by atoms with Gasteiger partial charge in [0.15, 0.2) is 5.82 Å². The Morgan fingerprint density at radius 2 is 2.00 bits per heavy atom. The molecule has 1 aromatic carbocycles. The Hall–Kier alpha value is -3.67. The van der Waals surface area contributed by atoms with Crippen molar-refractivity contribution in [2.75, 3.05) is 5.32 Å². The molecule has 1 N–H and O–H groups in total. The lowest BCUT2D eigenvalue weighted by Crippen LogP contribution is -2.07. The van der Waals surface area contributed by atoms with Crippen molar-refractivity contribution >= 4 is 11.3 Å². The van der Waals surface area contributed by atoms with Crippen LogP contribution in [0.4, 0.5) is 5.69 Å². The number of ether oxygens (including phenoxy) is 1. The Bertz CT molecular complexity index is 1270. The van der Waals surface area contributed by atoms with Gasteiger partial charge < -0.3 is 14.6 Å². The fraction of sp³-hybridized carbons (Fsp3) is 0.406. The Balaban J connectivity index is 1.14. The van der Waals surface area contributed by atoms with Crippen LogP contribution >= 0.6 is 0 Å². The highest BCUT2D eigenvalue weighted by atomic mass is 16.5. The van der Waals surface area contributed by atoms with E-state index in [9.17, 15) is 0 Å². The van der Waals surface area contributed by atoms with E-state index in [1.165, 1.54) is 50.5 Å². The van der Waals surface area contributed by atoms with Crippen molar-refractivity contribution in [1.82, 2.24) is 15.1 Å². The summed E-state index contributed by atoms with van der Waals surface area (Å²) >= 11 is 0. The molecule has 0 unspecified atom stereocenters. The highest BCUT2D eigenvalue weighted by Gasteiger charge is 2.26. The minimum atomic E-state index is 0.460. The number of benzene rings is 1. The average molecular weight is 511 g/mol. The second kappa shape index (κ2) is 12.7. The van der Waals surface area contributed by atoms with Crippen LogP contribution in [0.3, 0.4) is 0 Å². The predicted octanol–water partition coefficient (Wildman–Crippen LogP) is 8.02. The smallest absolute Gasteiger partial charge is 0.226 e. The van der Waals surface area contributed by atoms with E-state index >= 15 is 0 Å². The quantitative estimate of drug-likeness (QED) is 0.249. The summed E-state index contributed by atoms with van der Waals surface area (Å²) in [6.07, 6.45) is 19.0. The number of nitrogens with zero attached hydrogens (tertiary/aromatic N) is 3. The van der Waals surface area contributed by atoms with Gasteiger partial charge >= 0.3 is 0 Å². The number of aromatic nitrogens is 3. The molecule has 6 heteroatoms. The zero-order valence-electron chi connectivity index (χ0n) is 22.4. The summed E-state index contributed by atoms with van der Waals surface area (Å²) in [6.45, 7) is 6.66. The van der Waals surface area contributed by atoms with E-state index in [0.717, 1.165) is 53.1 Å². The van der Waals surface area contributed by atoms with Crippen LogP contribution in [0, 0.1) is 5.92 Å². The number of hydrogen-bond acceptors (Lipinski definition) is 6. The lowest BCUT2D eigenvalue weighted by Gasteiger charge is -2.20. The monoisotopic (exact) mass is 510 g/mol. The van der Waals surface area contributed by atoms with E-state index in [0.29, 0.717) is 18.3 Å². The number of hydrogen-bond donors (Lipinski definition) is 1. The molecular formula is C32H38N4O2. The topological polar surface area (TPSA) is 73.1 Å². The molecule has 0 amide bonds. The van der Waals surface area contributed by atoms with E-state index in [2.05, 4.69) is 39.2 Å². The first-order valence-corrected chi connectivity index (χ1v) is 13.9. The standard InChI is InChI=1S/C32H38N4O2/c1-23(32-35-31(38-36-32)19-14-25-11-4-3-5-12-25)9-8-10-24(2)34-30-18-17-28(21-29(30)26-15-16-26)37-22-27-13-6-7-20-33-27/h6-10,13,17-18,20-21,25-26,34H,2-5,11-12,14-16,19,22H2,1H3/b10-8-,23-9+. The molecule has 198 valence electrons. The van der Waals surface area contributed by atoms with Crippen molar-refractivity contribution in [3.8, 4) is 5.75 Å². The first-order chi connectivity index (χ1) is 18.6. The molecule has 3 aromatic rings. The van der Waals surface area contributed by atoms with Crippen LogP contribution in [0.1, 0.15) is 87.2 Å². The fourth-order valence-electron chi connectivity index (χ4n) is 5.04. The number of anilines is 1. The van der Waals surface area contributed by atoms with Crippen molar-refractivity contribution in [2.45, 2.75) is 77.2 Å². The highest BCUT2D eigenvalue weighted by molar-refractivity contribution is 5.62. The van der Waals surface area contributed by atoms with Gasteiger partial charge in [0.1, 0.15) is 12.4 Å². The zero-order valence-corrected chi connectivity index (χ0v) is 22.4. The van der Waals surface area contributed by atoms with E-state index in [1.807, 2.05) is 49.4 Å². The van der Waals surface area contributed by atoms with Crippen LogP contribution in [0.5, 0.6) is 5.75 Å². The summed E-state index contributed by atoms with van der Waals surface area (Å²) in [5.41, 5.74) is 5.06. The minimum absolute atomic E-state index is 0.460. The maximum absolute atomic E-state index is 6.00. The Morgan fingerprint density at radius 1 is 1.13 bits per heavy atom. The van der Waals surface area contributed by atoms with Gasteiger partial charge in [-0.05, 0) is 85.6 Å². The molecule has 2 aromatic heterocycles. The molecule has 2 fully saturated rings. The van der Waals surface area contributed by atoms with Gasteiger partial charge in [-0.1, -0.05) is 62.1 Å². The Morgan fingerprint density at radius 3 is 2.79 bits per heavy atom. The molecule has 0 atom stereocenters. The molecular weight excluding hydrogens is 472 g/mol. The summed E-state index contributed by atoms with van der Waals surface area (Å²) in [7, 11) is 0. The second-order valence-electron chi connectivity index (χ2n) is 10.5. The van der Waals surface area contributed by atoms with Crippen molar-refractivity contribution in [1.29, 1.82) is 0 Å². The van der Waals surface area contributed by atoms with Crippen LogP contribution in [0.2, 0.25) is 0 Å². The SMILES string of the molecule is C=C(/C=C\C=C(/C)c1noc(CCC2CCCCC2)n1)Nc1ccc(OCc2ccccn2)cc1C1CC1. The number of nitrogens with one attached hydrogen (secondary N) is 1. The van der Waals surface area contributed by atoms with Gasteiger partial charge in [-0.2, -0.15) is 4.98 Å². The Labute approximate surface area is 225 Å². The fourth-order valence-corrected chi connectivity index (χ4v) is 5.04. The van der Waals surface area contributed by atoms with Gasteiger partial charge in [0.05, 0.1) is 5.69 Å². The number of allylic oxidation sites excluding steroid dienone is 4. The van der Waals surface area contributed by atoms with E-state index in [-0.39, 0.29) is 0 Å². The third kappa shape index (κ3) is 7.44. The molecule has 38 heavy (non-hydrogen) atoms. The average Bonchev–Trinajstić information content (AvgIpc) is 3.69. The van der Waals surface area contributed by atoms with Gasteiger partial charge in [-0.15, -0.1) is 0 Å². The second-order valence-corrected chi connectivity index (χ2v) is 10.5. The van der Waals surface area contributed by atoms with Crippen molar-refractivity contribution < 1.29 is 9.26 Å². The predicted molar refractivity (Wildman–Crippen MR) is 152 cm³/mol. The number of aryl methyl sites for hydroxylation is 1. The van der Waals surface area contributed by atoms with Gasteiger partial charge in [-0.25, -0.2) is 0 Å². The molecule has 2 aliphatic carbocycles. The lowest BCUT2D eigenvalue weighted by atomic mass is 9.86. The van der Waals surface area contributed by atoms with E-state index in [1.54, 1.807) is 6.20 Å². The minimum Gasteiger partial charge on any atom is -0.487 e. The summed E-state index contributed by atoms with van der Waals surface area (Å²) in [6, 6.07) is 12.1. The molecule has 2 saturated carbocycles. The third-order valence-corrected chi connectivity index (χ3v) is 7.40. The molecule has 2 aliphatic rings. The van der Waals surface area contributed by atoms with Gasteiger partial charge in [0, 0.05) is 24.0 Å². The zero-order chi connectivity index (χ0) is 26.2. The molecule has 0 spiro atoms. The molecule has 6 nitrogen and oxygen atoms in total. The molecule has 0 saturated heterocycles. The maximum atomic E-state index is 6.00. The van der Waals surface area contributed by atoms with Crippen molar-refractivity contribution in [2.24, 2.45) is 5.92 Å². The Kier molecular flexibility index (Phi) is 8.69. The van der Waals surface area contributed by atoms with E-state index in [4.69, 9.17) is 9.26 Å². The van der Waals surface area contributed by atoms with Gasteiger partial charge in [0.2, 0.25) is 5.89 Å². The molecule has 5 rings (SSSR count). The number of pyridine rings is 1. The third-order valence-electron chi connectivity index (χ3n) is 7.40. The van der Waals surface area contributed by atoms with Crippen LogP contribution in [-0.2, 0) is 13.0 Å². The molecule has 2 heterocycles. The normalized spacial score (nSPS) is 16.6.